The quantitative estimate of drug-likeness (QED) is 0.0351. The second-order valence-electron chi connectivity index (χ2n) is 19.6. The van der Waals surface area contributed by atoms with Gasteiger partial charge in [0, 0.05) is 86.2 Å². The average molecular weight is 1160 g/mol. The summed E-state index contributed by atoms with van der Waals surface area (Å²) in [5.74, 6) is 3.24. The summed E-state index contributed by atoms with van der Waals surface area (Å²) in [6.07, 6.45) is 13.0. The van der Waals surface area contributed by atoms with Gasteiger partial charge in [-0.1, -0.05) is 30.7 Å². The van der Waals surface area contributed by atoms with Crippen molar-refractivity contribution < 1.29 is 35.6 Å². The van der Waals surface area contributed by atoms with E-state index in [0.717, 1.165) is 175 Å². The van der Waals surface area contributed by atoms with Gasteiger partial charge in [-0.25, -0.2) is 32.7 Å². The third kappa shape index (κ3) is 9.23. The maximum atomic E-state index is 13.9. The molecule has 17 nitrogen and oxygen atoms in total. The first-order valence-electron chi connectivity index (χ1n) is 25.4. The molecule has 382 valence electrons. The number of benzene rings is 4. The minimum atomic E-state index is -4.91. The number of aromatic nitrogens is 4. The number of aryl methyl sites for hydroxylation is 3. The molecule has 0 saturated heterocycles. The molecule has 12 rings (SSSR count). The number of anilines is 2. The predicted molar refractivity (Wildman–Crippen MR) is 287 cm³/mol. The molecule has 21 heteroatoms. The number of sulfonamides is 1. The Labute approximate surface area is 442 Å². The number of nitrogen functional groups attached to an aromatic ring is 1. The van der Waals surface area contributed by atoms with Crippen molar-refractivity contribution in [2.45, 2.75) is 110 Å². The summed E-state index contributed by atoms with van der Waals surface area (Å²) in [6, 6.07) is 12.4. The average Bonchev–Trinajstić information content (AvgIpc) is 3.99. The zero-order valence-electron chi connectivity index (χ0n) is 40.3. The van der Waals surface area contributed by atoms with Crippen LogP contribution < -0.4 is 50.0 Å². The molecule has 8 heterocycles. The lowest BCUT2D eigenvalue weighted by Gasteiger charge is -2.39. The predicted octanol–water partition coefficient (Wildman–Crippen LogP) is 6.09. The minimum absolute atomic E-state index is 0.183. The molecule has 6 aliphatic heterocycles. The summed E-state index contributed by atoms with van der Waals surface area (Å²) in [7, 11) is -9.05. The summed E-state index contributed by atoms with van der Waals surface area (Å²) >= 11 is 3.81. The molecule has 0 unspecified atom stereocenters. The Bertz CT molecular complexity index is 3600. The fraction of sp³-hybridized carbons (Fsp3) is 0.423. The van der Waals surface area contributed by atoms with Gasteiger partial charge < -0.3 is 34.7 Å². The normalized spacial score (nSPS) is 16.5. The zero-order valence-corrected chi connectivity index (χ0v) is 45.0. The van der Waals surface area contributed by atoms with Crippen molar-refractivity contribution in [2.75, 3.05) is 63.2 Å². The van der Waals surface area contributed by atoms with Crippen LogP contribution in [0.5, 0.6) is 23.0 Å². The van der Waals surface area contributed by atoms with Crippen molar-refractivity contribution in [1.82, 2.24) is 34.1 Å². The van der Waals surface area contributed by atoms with E-state index in [1.807, 2.05) is 12.1 Å². The highest BCUT2D eigenvalue weighted by atomic mass is 127. The molecule has 4 aromatic carbocycles. The maximum Gasteiger partial charge on any atom is 0.295 e. The van der Waals surface area contributed by atoms with E-state index in [1.54, 1.807) is 6.07 Å². The standard InChI is InChI=1S/C52H56IN9O8S3/c53-39-27-40-41(69-30-68-40)28-42(39)71-52-59-45-50(54)56-29-57-51(45)62(52)23-9-17-55-16-3-1-2-4-18-58-72(63,64)33-14-15-34(43(26-33)73(65,66)67)44-37-24-31-10-5-19-60-21-7-12-35(46(31)60)48(37)70-49-36-13-8-22-61-20-6-11-32(47(36)61)25-38(44)49/h14-15,24-29,55,58H,1-13,16-23,30H2,(H2-,54,56,57,65,66,67)/p+1. The van der Waals surface area contributed by atoms with E-state index >= 15 is 0 Å². The lowest BCUT2D eigenvalue weighted by atomic mass is 9.82. The number of nitrogens with zero attached hydrogens (tertiary/aromatic N) is 6. The molecular weight excluding hydrogens is 1100 g/mol. The fourth-order valence-electron chi connectivity index (χ4n) is 11.7. The topological polar surface area (TPSA) is 216 Å². The number of halogens is 1. The molecule has 6 aliphatic rings. The number of nitrogens with two attached hydrogens (primary N) is 1. The third-order valence-corrected chi connectivity index (χ3v) is 19.6. The Hall–Kier alpha value is -5.04. The molecule has 0 saturated carbocycles. The van der Waals surface area contributed by atoms with Gasteiger partial charge in [-0.3, -0.25) is 4.55 Å². The van der Waals surface area contributed by atoms with Crippen LogP contribution in [-0.4, -0.2) is 93.5 Å². The van der Waals surface area contributed by atoms with Crippen LogP contribution in [0, 0.1) is 3.57 Å². The lowest BCUT2D eigenvalue weighted by molar-refractivity contribution is 0.174. The molecule has 5 N–H and O–H groups in total. The number of fused-ring (bicyclic) bond motifs is 6. The SMILES string of the molecule is Nc1ncnc2c1nc(Sc1cc3c(cc1I)OCO3)n2CCCNCCCCCCNS(=O)(=O)c1ccc(C2=c3cc4c5c(c3Oc3c2cc2c6c3CCCN6CCC2)CCC[N+]=5CCC4)c(S(=O)(=O)O)c1. The molecule has 0 spiro atoms. The molecule has 0 atom stereocenters. The summed E-state index contributed by atoms with van der Waals surface area (Å²) in [6.45, 7) is 6.57. The Balaban J connectivity index is 0.710. The van der Waals surface area contributed by atoms with Crippen molar-refractivity contribution in [1.29, 1.82) is 0 Å². The van der Waals surface area contributed by atoms with E-state index in [4.69, 9.17) is 24.9 Å². The van der Waals surface area contributed by atoms with Crippen LogP contribution in [-0.2, 0) is 52.4 Å². The van der Waals surface area contributed by atoms with Crippen molar-refractivity contribution in [2.24, 2.45) is 0 Å². The first kappa shape index (κ1) is 48.9. The number of nitrogens with one attached hydrogen (secondary N) is 2. The van der Waals surface area contributed by atoms with Gasteiger partial charge in [0.25, 0.3) is 10.1 Å². The summed E-state index contributed by atoms with van der Waals surface area (Å²) in [5, 5.41) is 6.31. The third-order valence-electron chi connectivity index (χ3n) is 15.0. The number of imidazole rings is 1. The van der Waals surface area contributed by atoms with E-state index in [-0.39, 0.29) is 23.8 Å². The van der Waals surface area contributed by atoms with Crippen molar-refractivity contribution >= 4 is 82.7 Å². The van der Waals surface area contributed by atoms with Gasteiger partial charge in [0.05, 0.1) is 10.5 Å². The summed E-state index contributed by atoms with van der Waals surface area (Å²) < 4.78 is 92.3. The van der Waals surface area contributed by atoms with Gasteiger partial charge >= 0.3 is 0 Å². The van der Waals surface area contributed by atoms with Gasteiger partial charge in [-0.2, -0.15) is 8.42 Å². The first-order chi connectivity index (χ1) is 35.4. The molecule has 0 fully saturated rings. The van der Waals surface area contributed by atoms with Gasteiger partial charge in [0.15, 0.2) is 33.6 Å². The number of unbranched alkanes of at least 4 members (excludes halogenated alkanes) is 3. The summed E-state index contributed by atoms with van der Waals surface area (Å²) in [5.41, 5.74) is 15.1. The van der Waals surface area contributed by atoms with Gasteiger partial charge in [0.2, 0.25) is 22.2 Å². The van der Waals surface area contributed by atoms with Crippen molar-refractivity contribution in [3.63, 3.8) is 0 Å². The van der Waals surface area contributed by atoms with Gasteiger partial charge in [-0.05, 0) is 135 Å². The van der Waals surface area contributed by atoms with Crippen LogP contribution in [0.4, 0.5) is 11.5 Å². The number of ether oxygens (including phenoxy) is 3. The van der Waals surface area contributed by atoms with Crippen LogP contribution in [0.1, 0.15) is 91.2 Å². The van der Waals surface area contributed by atoms with E-state index in [9.17, 15) is 21.4 Å². The Morgan fingerprint density at radius 3 is 2.40 bits per heavy atom. The van der Waals surface area contributed by atoms with Crippen molar-refractivity contribution in [3.05, 3.63) is 96.3 Å². The van der Waals surface area contributed by atoms with Crippen LogP contribution in [0.15, 0.2) is 68.6 Å². The number of hydrogen-bond acceptors (Lipinski definition) is 14. The highest BCUT2D eigenvalue weighted by Gasteiger charge is 2.37. The highest BCUT2D eigenvalue weighted by molar-refractivity contribution is 14.1. The molecule has 0 aliphatic carbocycles. The molecule has 2 aromatic heterocycles. The van der Waals surface area contributed by atoms with E-state index in [0.29, 0.717) is 41.3 Å². The molecule has 0 bridgehead atoms. The monoisotopic (exact) mass is 1160 g/mol. The van der Waals surface area contributed by atoms with E-state index in [2.05, 4.69) is 68.8 Å². The Morgan fingerprint density at radius 2 is 1.56 bits per heavy atom. The number of rotatable bonds is 17. The highest BCUT2D eigenvalue weighted by Crippen LogP contribution is 2.49. The number of hydrogen-bond donors (Lipinski definition) is 4. The lowest BCUT2D eigenvalue weighted by Crippen LogP contribution is -2.45. The largest absolute Gasteiger partial charge is 0.455 e. The second kappa shape index (κ2) is 19.9. The smallest absolute Gasteiger partial charge is 0.295 e. The Morgan fingerprint density at radius 1 is 0.808 bits per heavy atom. The second-order valence-corrected chi connectivity index (χ2v) is 24.9. The fourth-order valence-corrected chi connectivity index (χ4v) is 15.3. The van der Waals surface area contributed by atoms with Crippen LogP contribution in [0.3, 0.4) is 0 Å². The van der Waals surface area contributed by atoms with E-state index in [1.165, 1.54) is 46.3 Å². The van der Waals surface area contributed by atoms with Crippen LogP contribution in [0.25, 0.3) is 16.7 Å². The molecule has 73 heavy (non-hydrogen) atoms. The molecule has 0 amide bonds. The molecule has 6 aromatic rings. The van der Waals surface area contributed by atoms with Crippen LogP contribution >= 0.6 is 34.4 Å². The van der Waals surface area contributed by atoms with Crippen LogP contribution in [0.2, 0.25) is 0 Å². The molecule has 0 radical (unpaired) electrons. The van der Waals surface area contributed by atoms with E-state index < -0.39 is 25.0 Å². The van der Waals surface area contributed by atoms with Gasteiger partial charge in [-0.15, -0.1) is 0 Å². The van der Waals surface area contributed by atoms with Crippen molar-refractivity contribution in [3.8, 4) is 23.0 Å². The Kier molecular flexibility index (Phi) is 13.3. The minimum Gasteiger partial charge on any atom is -0.455 e. The van der Waals surface area contributed by atoms with Gasteiger partial charge in [0.1, 0.15) is 35.8 Å². The summed E-state index contributed by atoms with van der Waals surface area (Å²) in [4.78, 5) is 16.3. The molecular formula is C52H57IN9O8S3+. The first-order valence-corrected chi connectivity index (χ1v) is 30.2. The zero-order chi connectivity index (χ0) is 50.0. The maximum absolute atomic E-state index is 13.9.